The molecule has 2 aromatic carbocycles. The molecule has 2 aromatic rings. The van der Waals surface area contributed by atoms with Gasteiger partial charge in [-0.25, -0.2) is 4.79 Å². The van der Waals surface area contributed by atoms with Gasteiger partial charge in [0, 0.05) is 18.8 Å². The van der Waals surface area contributed by atoms with Gasteiger partial charge in [-0.05, 0) is 30.3 Å². The number of rotatable bonds is 7. The molecule has 0 aliphatic heterocycles. The third-order valence-corrected chi connectivity index (χ3v) is 3.42. The van der Waals surface area contributed by atoms with Gasteiger partial charge in [0.25, 0.3) is 0 Å². The molecule has 0 radical (unpaired) electrons. The summed E-state index contributed by atoms with van der Waals surface area (Å²) in [6.45, 7) is 0. The van der Waals surface area contributed by atoms with Crippen molar-refractivity contribution in [3.8, 4) is 11.5 Å². The van der Waals surface area contributed by atoms with Crippen LogP contribution in [-0.2, 0) is 4.79 Å². The van der Waals surface area contributed by atoms with Crippen molar-refractivity contribution in [2.45, 2.75) is 0 Å². The van der Waals surface area contributed by atoms with Crippen LogP contribution < -0.4 is 30.7 Å². The third kappa shape index (κ3) is 4.54. The van der Waals surface area contributed by atoms with Gasteiger partial charge >= 0.3 is 6.03 Å². The van der Waals surface area contributed by atoms with Gasteiger partial charge in [0.1, 0.15) is 11.5 Å². The van der Waals surface area contributed by atoms with Crippen molar-refractivity contribution < 1.29 is 19.1 Å². The molecule has 0 fully saturated rings. The van der Waals surface area contributed by atoms with Crippen molar-refractivity contribution in [2.75, 3.05) is 42.5 Å². The molecular weight excluding hydrogens is 324 g/mol. The van der Waals surface area contributed by atoms with E-state index in [1.54, 1.807) is 50.6 Å². The maximum atomic E-state index is 12.2. The molecule has 0 heterocycles. The van der Waals surface area contributed by atoms with E-state index in [9.17, 15) is 9.59 Å². The average molecular weight is 344 g/mol. The molecule has 0 bridgehead atoms. The van der Waals surface area contributed by atoms with Crippen molar-refractivity contribution in [3.63, 3.8) is 0 Å². The number of methoxy groups -OCH3 is 2. The molecular formula is C17H20N4O4. The van der Waals surface area contributed by atoms with Crippen LogP contribution in [0.5, 0.6) is 11.5 Å². The highest BCUT2D eigenvalue weighted by atomic mass is 16.5. The molecule has 0 aliphatic carbocycles. The molecule has 0 atom stereocenters. The largest absolute Gasteiger partial charge is 0.497 e. The SMILES string of the molecule is CNc1cc(NC(=O)Nc2ccc(OC)cc2OC)ccc1NC=O. The van der Waals surface area contributed by atoms with Crippen molar-refractivity contribution in [1.82, 2.24) is 0 Å². The summed E-state index contributed by atoms with van der Waals surface area (Å²) >= 11 is 0. The van der Waals surface area contributed by atoms with E-state index in [0.717, 1.165) is 0 Å². The Balaban J connectivity index is 2.11. The van der Waals surface area contributed by atoms with Crippen LogP contribution >= 0.6 is 0 Å². The summed E-state index contributed by atoms with van der Waals surface area (Å²) in [6.07, 6.45) is 0.589. The predicted octanol–water partition coefficient (Wildman–Crippen LogP) is 2.96. The number of carbonyl (C=O) groups is 2. The Kier molecular flexibility index (Phi) is 6.05. The summed E-state index contributed by atoms with van der Waals surface area (Å²) in [7, 11) is 4.78. The Labute approximate surface area is 145 Å². The lowest BCUT2D eigenvalue weighted by Gasteiger charge is -2.14. The monoisotopic (exact) mass is 344 g/mol. The minimum absolute atomic E-state index is 0.429. The van der Waals surface area contributed by atoms with Crippen LogP contribution in [-0.4, -0.2) is 33.7 Å². The second kappa shape index (κ2) is 8.44. The molecule has 8 nitrogen and oxygen atoms in total. The normalized spacial score (nSPS) is 9.72. The van der Waals surface area contributed by atoms with Gasteiger partial charge in [0.2, 0.25) is 6.41 Å². The smallest absolute Gasteiger partial charge is 0.323 e. The maximum Gasteiger partial charge on any atom is 0.323 e. The molecule has 0 spiro atoms. The van der Waals surface area contributed by atoms with E-state index < -0.39 is 6.03 Å². The van der Waals surface area contributed by atoms with Crippen LogP contribution in [0, 0.1) is 0 Å². The highest BCUT2D eigenvalue weighted by Gasteiger charge is 2.10. The molecule has 25 heavy (non-hydrogen) atoms. The fourth-order valence-electron chi connectivity index (χ4n) is 2.20. The molecule has 2 rings (SSSR count). The molecule has 8 heteroatoms. The van der Waals surface area contributed by atoms with E-state index >= 15 is 0 Å². The van der Waals surface area contributed by atoms with Gasteiger partial charge in [-0.15, -0.1) is 0 Å². The van der Waals surface area contributed by atoms with Crippen molar-refractivity contribution in [3.05, 3.63) is 36.4 Å². The van der Waals surface area contributed by atoms with Crippen molar-refractivity contribution >= 4 is 35.2 Å². The lowest BCUT2D eigenvalue weighted by molar-refractivity contribution is -0.105. The van der Waals surface area contributed by atoms with Crippen molar-refractivity contribution in [1.29, 1.82) is 0 Å². The Bertz CT molecular complexity index is 764. The number of carbonyl (C=O) groups excluding carboxylic acids is 2. The van der Waals surface area contributed by atoms with Gasteiger partial charge in [-0.1, -0.05) is 0 Å². The van der Waals surface area contributed by atoms with E-state index in [4.69, 9.17) is 9.47 Å². The third-order valence-electron chi connectivity index (χ3n) is 3.42. The number of anilines is 4. The molecule has 0 aliphatic rings. The van der Waals surface area contributed by atoms with Crippen LogP contribution in [0.4, 0.5) is 27.5 Å². The topological polar surface area (TPSA) is 101 Å². The summed E-state index contributed by atoms with van der Waals surface area (Å²) in [6, 6.07) is 9.72. The zero-order valence-electron chi connectivity index (χ0n) is 14.2. The molecule has 0 saturated carbocycles. The number of benzene rings is 2. The highest BCUT2D eigenvalue weighted by Crippen LogP contribution is 2.29. The number of hydrogen-bond donors (Lipinski definition) is 4. The lowest BCUT2D eigenvalue weighted by Crippen LogP contribution is -2.20. The average Bonchev–Trinajstić information content (AvgIpc) is 2.63. The second-order valence-corrected chi connectivity index (χ2v) is 4.92. The number of hydrogen-bond acceptors (Lipinski definition) is 5. The Morgan fingerprint density at radius 3 is 2.36 bits per heavy atom. The summed E-state index contributed by atoms with van der Waals surface area (Å²) in [5.41, 5.74) is 2.35. The molecule has 0 unspecified atom stereocenters. The first kappa shape index (κ1) is 17.9. The number of urea groups is 1. The number of ether oxygens (including phenoxy) is 2. The number of nitrogens with one attached hydrogen (secondary N) is 4. The van der Waals surface area contributed by atoms with Gasteiger partial charge in [-0.3, -0.25) is 4.79 Å². The zero-order valence-corrected chi connectivity index (χ0v) is 14.2. The number of amides is 3. The summed E-state index contributed by atoms with van der Waals surface area (Å²) in [4.78, 5) is 22.8. The lowest BCUT2D eigenvalue weighted by atomic mass is 10.2. The molecule has 0 aromatic heterocycles. The first-order chi connectivity index (χ1) is 12.1. The zero-order chi connectivity index (χ0) is 18.2. The molecule has 4 N–H and O–H groups in total. The summed E-state index contributed by atoms with van der Waals surface area (Å²) in [5.74, 6) is 1.11. The Morgan fingerprint density at radius 2 is 1.72 bits per heavy atom. The van der Waals surface area contributed by atoms with E-state index in [1.807, 2.05) is 0 Å². The van der Waals surface area contributed by atoms with Gasteiger partial charge in [0.15, 0.2) is 0 Å². The van der Waals surface area contributed by atoms with E-state index in [2.05, 4.69) is 21.3 Å². The fraction of sp³-hybridized carbons (Fsp3) is 0.176. The van der Waals surface area contributed by atoms with Crippen LogP contribution in [0.1, 0.15) is 0 Å². The second-order valence-electron chi connectivity index (χ2n) is 4.92. The van der Waals surface area contributed by atoms with E-state index in [1.165, 1.54) is 7.11 Å². The van der Waals surface area contributed by atoms with Crippen LogP contribution in [0.2, 0.25) is 0 Å². The van der Waals surface area contributed by atoms with Gasteiger partial charge < -0.3 is 30.7 Å². The van der Waals surface area contributed by atoms with Crippen LogP contribution in [0.25, 0.3) is 0 Å². The minimum atomic E-state index is -0.429. The fourth-order valence-corrected chi connectivity index (χ4v) is 2.20. The first-order valence-corrected chi connectivity index (χ1v) is 7.43. The quantitative estimate of drug-likeness (QED) is 0.579. The minimum Gasteiger partial charge on any atom is -0.497 e. The Morgan fingerprint density at radius 1 is 0.960 bits per heavy atom. The highest BCUT2D eigenvalue weighted by molar-refractivity contribution is 6.01. The van der Waals surface area contributed by atoms with Gasteiger partial charge in [-0.2, -0.15) is 0 Å². The summed E-state index contributed by atoms with van der Waals surface area (Å²) in [5, 5.41) is 11.0. The Hall–Kier alpha value is -3.42. The molecule has 132 valence electrons. The maximum absolute atomic E-state index is 12.2. The van der Waals surface area contributed by atoms with Gasteiger partial charge in [0.05, 0.1) is 31.3 Å². The standard InChI is InChI=1S/C17H20N4O4/c1-18-15-8-11(4-6-13(15)19-10-22)20-17(23)21-14-7-5-12(24-2)9-16(14)25-3/h4-10,18H,1-3H3,(H,19,22)(H2,20,21,23). The van der Waals surface area contributed by atoms with Crippen LogP contribution in [0.15, 0.2) is 36.4 Å². The van der Waals surface area contributed by atoms with E-state index in [0.29, 0.717) is 40.7 Å². The first-order valence-electron chi connectivity index (χ1n) is 7.43. The van der Waals surface area contributed by atoms with E-state index in [-0.39, 0.29) is 0 Å². The van der Waals surface area contributed by atoms with Crippen molar-refractivity contribution in [2.24, 2.45) is 0 Å². The predicted molar refractivity (Wildman–Crippen MR) is 97.9 cm³/mol. The summed E-state index contributed by atoms with van der Waals surface area (Å²) < 4.78 is 10.4. The molecule has 0 saturated heterocycles. The molecule has 3 amide bonds. The van der Waals surface area contributed by atoms with Crippen LogP contribution in [0.3, 0.4) is 0 Å².